The zero-order valence-corrected chi connectivity index (χ0v) is 13.4. The van der Waals surface area contributed by atoms with Gasteiger partial charge in [0.15, 0.2) is 11.6 Å². The van der Waals surface area contributed by atoms with Crippen LogP contribution >= 0.6 is 0 Å². The summed E-state index contributed by atoms with van der Waals surface area (Å²) in [5, 5.41) is 4.06. The highest BCUT2D eigenvalue weighted by Gasteiger charge is 2.15. The van der Waals surface area contributed by atoms with Gasteiger partial charge in [0.2, 0.25) is 5.82 Å². The van der Waals surface area contributed by atoms with Gasteiger partial charge >= 0.3 is 0 Å². The Morgan fingerprint density at radius 1 is 1.17 bits per heavy atom. The van der Waals surface area contributed by atoms with Gasteiger partial charge in [0, 0.05) is 32.1 Å². The van der Waals surface area contributed by atoms with Crippen LogP contribution in [0.1, 0.15) is 11.5 Å². The minimum atomic E-state index is 0.362. The minimum absolute atomic E-state index is 0.362. The van der Waals surface area contributed by atoms with Gasteiger partial charge in [-0.25, -0.2) is 4.98 Å². The number of rotatable bonds is 4. The third-order valence-electron chi connectivity index (χ3n) is 3.96. The van der Waals surface area contributed by atoms with E-state index in [0.29, 0.717) is 23.3 Å². The van der Waals surface area contributed by atoms with Crippen LogP contribution in [0.5, 0.6) is 0 Å². The Bertz CT molecular complexity index is 821. The molecule has 4 rings (SSSR count). The van der Waals surface area contributed by atoms with E-state index in [-0.39, 0.29) is 0 Å². The molecular formula is C17H18N4O3. The van der Waals surface area contributed by atoms with Crippen LogP contribution in [0.15, 0.2) is 39.5 Å². The monoisotopic (exact) mass is 326 g/mol. The Balaban J connectivity index is 1.54. The molecule has 0 atom stereocenters. The molecule has 1 aromatic carbocycles. The van der Waals surface area contributed by atoms with Crippen molar-refractivity contribution >= 4 is 0 Å². The van der Waals surface area contributed by atoms with Gasteiger partial charge in [-0.3, -0.25) is 4.90 Å². The average molecular weight is 326 g/mol. The predicted octanol–water partition coefficient (Wildman–Crippen LogP) is 2.53. The molecule has 2 aromatic heterocycles. The molecule has 0 unspecified atom stereocenters. The molecule has 1 aliphatic heterocycles. The summed E-state index contributed by atoms with van der Waals surface area (Å²) in [5.41, 5.74) is 2.70. The number of ether oxygens (including phenoxy) is 1. The number of hydrogen-bond acceptors (Lipinski definition) is 7. The van der Waals surface area contributed by atoms with E-state index >= 15 is 0 Å². The molecule has 0 saturated carbocycles. The van der Waals surface area contributed by atoms with E-state index in [1.54, 1.807) is 6.92 Å². The van der Waals surface area contributed by atoms with Crippen molar-refractivity contribution in [2.45, 2.75) is 13.5 Å². The van der Waals surface area contributed by atoms with Crippen molar-refractivity contribution in [1.82, 2.24) is 20.0 Å². The van der Waals surface area contributed by atoms with Crippen molar-refractivity contribution in [3.05, 3.63) is 42.0 Å². The van der Waals surface area contributed by atoms with Gasteiger partial charge in [0.1, 0.15) is 6.26 Å². The molecule has 0 aliphatic carbocycles. The minimum Gasteiger partial charge on any atom is -0.448 e. The number of aromatic nitrogens is 3. The van der Waals surface area contributed by atoms with E-state index in [2.05, 4.69) is 32.2 Å². The van der Waals surface area contributed by atoms with E-state index in [1.807, 2.05) is 12.1 Å². The first-order valence-corrected chi connectivity index (χ1v) is 7.93. The molecule has 0 amide bonds. The third kappa shape index (κ3) is 3.22. The van der Waals surface area contributed by atoms with Crippen LogP contribution in [0.3, 0.4) is 0 Å². The maximum atomic E-state index is 5.39. The molecule has 124 valence electrons. The van der Waals surface area contributed by atoms with Crippen molar-refractivity contribution in [1.29, 1.82) is 0 Å². The fourth-order valence-corrected chi connectivity index (χ4v) is 2.73. The molecule has 1 fully saturated rings. The fraction of sp³-hybridized carbons (Fsp3) is 0.353. The first kappa shape index (κ1) is 15.0. The number of aryl methyl sites for hydroxylation is 1. The Hall–Kier alpha value is -2.51. The summed E-state index contributed by atoms with van der Waals surface area (Å²) in [5.74, 6) is 1.48. The molecule has 0 N–H and O–H groups in total. The SMILES string of the molecule is Cc1nc(-c2nc(-c3cccc(CN4CCOCC4)c3)no2)co1. The largest absolute Gasteiger partial charge is 0.448 e. The van der Waals surface area contributed by atoms with E-state index in [1.165, 1.54) is 11.8 Å². The van der Waals surface area contributed by atoms with Crippen LogP contribution in [-0.4, -0.2) is 46.3 Å². The van der Waals surface area contributed by atoms with Crippen molar-refractivity contribution in [2.24, 2.45) is 0 Å². The van der Waals surface area contributed by atoms with Gasteiger partial charge in [-0.2, -0.15) is 4.98 Å². The average Bonchev–Trinajstić information content (AvgIpc) is 3.25. The Kier molecular flexibility index (Phi) is 4.10. The number of nitrogens with zero attached hydrogens (tertiary/aromatic N) is 4. The topological polar surface area (TPSA) is 77.4 Å². The maximum absolute atomic E-state index is 5.39. The van der Waals surface area contributed by atoms with Gasteiger partial charge in [0.25, 0.3) is 5.89 Å². The van der Waals surface area contributed by atoms with Crippen LogP contribution in [0.2, 0.25) is 0 Å². The third-order valence-corrected chi connectivity index (χ3v) is 3.96. The molecule has 1 aliphatic rings. The van der Waals surface area contributed by atoms with E-state index in [0.717, 1.165) is 38.4 Å². The standard InChI is InChI=1S/C17H18N4O3/c1-12-18-15(11-23-12)17-19-16(20-24-17)14-4-2-3-13(9-14)10-21-5-7-22-8-6-21/h2-4,9,11H,5-8,10H2,1H3. The quantitative estimate of drug-likeness (QED) is 0.729. The second kappa shape index (κ2) is 6.54. The van der Waals surface area contributed by atoms with Gasteiger partial charge < -0.3 is 13.7 Å². The molecule has 7 nitrogen and oxygen atoms in total. The molecule has 24 heavy (non-hydrogen) atoms. The molecule has 0 spiro atoms. The predicted molar refractivity (Wildman–Crippen MR) is 86.1 cm³/mol. The number of hydrogen-bond donors (Lipinski definition) is 0. The molecule has 0 bridgehead atoms. The normalized spacial score (nSPS) is 15.7. The van der Waals surface area contributed by atoms with E-state index < -0.39 is 0 Å². The smallest absolute Gasteiger partial charge is 0.280 e. The summed E-state index contributed by atoms with van der Waals surface area (Å²) >= 11 is 0. The first-order chi connectivity index (χ1) is 11.8. The number of oxazole rings is 1. The van der Waals surface area contributed by atoms with Gasteiger partial charge in [0.05, 0.1) is 13.2 Å². The first-order valence-electron chi connectivity index (χ1n) is 7.93. The van der Waals surface area contributed by atoms with E-state index in [4.69, 9.17) is 13.7 Å². The zero-order chi connectivity index (χ0) is 16.4. The molecule has 7 heteroatoms. The maximum Gasteiger partial charge on any atom is 0.280 e. The fourth-order valence-electron chi connectivity index (χ4n) is 2.73. The summed E-state index contributed by atoms with van der Waals surface area (Å²) in [6.07, 6.45) is 1.52. The summed E-state index contributed by atoms with van der Waals surface area (Å²) in [6, 6.07) is 8.20. The van der Waals surface area contributed by atoms with Crippen LogP contribution in [0, 0.1) is 6.92 Å². The molecule has 1 saturated heterocycles. The lowest BCUT2D eigenvalue weighted by molar-refractivity contribution is 0.0342. The van der Waals surface area contributed by atoms with Crippen molar-refractivity contribution < 1.29 is 13.7 Å². The van der Waals surface area contributed by atoms with Crippen molar-refractivity contribution in [3.8, 4) is 23.0 Å². The Morgan fingerprint density at radius 2 is 2.04 bits per heavy atom. The molecule has 3 aromatic rings. The highest BCUT2D eigenvalue weighted by atomic mass is 16.5. The zero-order valence-electron chi connectivity index (χ0n) is 13.4. The highest BCUT2D eigenvalue weighted by molar-refractivity contribution is 5.58. The van der Waals surface area contributed by atoms with E-state index in [9.17, 15) is 0 Å². The molecule has 0 radical (unpaired) electrons. The van der Waals surface area contributed by atoms with Crippen LogP contribution < -0.4 is 0 Å². The van der Waals surface area contributed by atoms with Gasteiger partial charge in [-0.15, -0.1) is 0 Å². The lowest BCUT2D eigenvalue weighted by atomic mass is 10.1. The number of benzene rings is 1. The second-order valence-corrected chi connectivity index (χ2v) is 5.76. The molecule has 3 heterocycles. The van der Waals surface area contributed by atoms with Crippen LogP contribution in [0.25, 0.3) is 23.0 Å². The number of morpholine rings is 1. The summed E-state index contributed by atoms with van der Waals surface area (Å²) in [7, 11) is 0. The van der Waals surface area contributed by atoms with Gasteiger partial charge in [-0.05, 0) is 11.6 Å². The van der Waals surface area contributed by atoms with Crippen LogP contribution in [-0.2, 0) is 11.3 Å². The summed E-state index contributed by atoms with van der Waals surface area (Å²) < 4.78 is 15.9. The van der Waals surface area contributed by atoms with Crippen molar-refractivity contribution in [2.75, 3.05) is 26.3 Å². The van der Waals surface area contributed by atoms with Crippen molar-refractivity contribution in [3.63, 3.8) is 0 Å². The Labute approximate surface area is 139 Å². The van der Waals surface area contributed by atoms with Crippen LogP contribution in [0.4, 0.5) is 0 Å². The molecular weight excluding hydrogens is 308 g/mol. The lowest BCUT2D eigenvalue weighted by Crippen LogP contribution is -2.35. The van der Waals surface area contributed by atoms with Gasteiger partial charge in [-0.1, -0.05) is 23.4 Å². The Morgan fingerprint density at radius 3 is 2.83 bits per heavy atom. The highest BCUT2D eigenvalue weighted by Crippen LogP contribution is 2.23. The summed E-state index contributed by atoms with van der Waals surface area (Å²) in [6.45, 7) is 6.18. The summed E-state index contributed by atoms with van der Waals surface area (Å²) in [4.78, 5) is 11.0. The second-order valence-electron chi connectivity index (χ2n) is 5.76. The lowest BCUT2D eigenvalue weighted by Gasteiger charge is -2.26.